The first-order valence-electron chi connectivity index (χ1n) is 4.55. The highest BCUT2D eigenvalue weighted by Gasteiger charge is 2.07. The van der Waals surface area contributed by atoms with E-state index in [1.807, 2.05) is 0 Å². The predicted octanol–water partition coefficient (Wildman–Crippen LogP) is 0.914. The molecule has 3 N–H and O–H groups in total. The summed E-state index contributed by atoms with van der Waals surface area (Å²) in [6, 6.07) is 0.268. The van der Waals surface area contributed by atoms with Gasteiger partial charge in [0, 0.05) is 5.75 Å². The molecule has 0 radical (unpaired) electrons. The van der Waals surface area contributed by atoms with Crippen LogP contribution in [0.3, 0.4) is 0 Å². The van der Waals surface area contributed by atoms with Gasteiger partial charge in [0.15, 0.2) is 5.16 Å². The smallest absolute Gasteiger partial charge is 0.321 e. The maximum atomic E-state index is 5.23. The second-order valence-corrected chi connectivity index (χ2v) is 4.26. The van der Waals surface area contributed by atoms with E-state index in [2.05, 4.69) is 34.2 Å². The van der Waals surface area contributed by atoms with Crippen molar-refractivity contribution in [2.45, 2.75) is 19.0 Å². The highest BCUT2D eigenvalue weighted by molar-refractivity contribution is 7.99. The number of nitrogens with zero attached hydrogens (tertiary/aromatic N) is 3. The molecule has 0 saturated heterocycles. The van der Waals surface area contributed by atoms with Gasteiger partial charge in [-0.15, -0.1) is 0 Å². The average Bonchev–Trinajstić information content (AvgIpc) is 2.25. The van der Waals surface area contributed by atoms with E-state index in [1.54, 1.807) is 11.8 Å². The lowest BCUT2D eigenvalue weighted by atomic mass is 10.3. The normalized spacial score (nSPS) is 10.5. The molecule has 0 spiro atoms. The number of aromatic nitrogens is 3. The summed E-state index contributed by atoms with van der Waals surface area (Å²) < 4.78 is 4.93. The van der Waals surface area contributed by atoms with Gasteiger partial charge in [0.1, 0.15) is 0 Å². The number of nitrogen functional groups attached to an aromatic ring is 1. The molecule has 6 nitrogen and oxygen atoms in total. The third-order valence-corrected chi connectivity index (χ3v) is 2.73. The van der Waals surface area contributed by atoms with E-state index in [9.17, 15) is 0 Å². The molecule has 0 amide bonds. The van der Waals surface area contributed by atoms with Crippen LogP contribution in [0.25, 0.3) is 0 Å². The van der Waals surface area contributed by atoms with Crippen molar-refractivity contribution in [1.82, 2.24) is 15.0 Å². The molecule has 1 aromatic rings. The van der Waals surface area contributed by atoms with E-state index >= 15 is 0 Å². The van der Waals surface area contributed by atoms with Crippen LogP contribution in [0.5, 0.6) is 6.01 Å². The summed E-state index contributed by atoms with van der Waals surface area (Å²) in [4.78, 5) is 12.1. The van der Waals surface area contributed by atoms with Crippen LogP contribution in [-0.2, 0) is 0 Å². The van der Waals surface area contributed by atoms with Gasteiger partial charge in [-0.2, -0.15) is 15.0 Å². The van der Waals surface area contributed by atoms with Crippen molar-refractivity contribution in [2.75, 3.05) is 18.3 Å². The number of nitrogens with one attached hydrogen (secondary N) is 1. The Morgan fingerprint density at radius 2 is 2.13 bits per heavy atom. The Kier molecular flexibility index (Phi) is 4.57. The van der Waals surface area contributed by atoms with Gasteiger partial charge in [0.2, 0.25) is 5.95 Å². The molecule has 0 aliphatic carbocycles. The summed E-state index contributed by atoms with van der Waals surface area (Å²) in [6.45, 7) is 4.26. The SMILES string of the molecule is COc1nc(NN)nc(SCC(C)C)n1. The second kappa shape index (κ2) is 5.72. The first-order chi connectivity index (χ1) is 7.15. The quantitative estimate of drug-likeness (QED) is 0.441. The van der Waals surface area contributed by atoms with Crippen molar-refractivity contribution in [3.05, 3.63) is 0 Å². The Hall–Kier alpha value is -1.08. The highest BCUT2D eigenvalue weighted by Crippen LogP contribution is 2.19. The summed E-state index contributed by atoms with van der Waals surface area (Å²) in [7, 11) is 1.51. The van der Waals surface area contributed by atoms with E-state index in [0.29, 0.717) is 17.0 Å². The van der Waals surface area contributed by atoms with Crippen molar-refractivity contribution in [3.8, 4) is 6.01 Å². The van der Waals surface area contributed by atoms with Gasteiger partial charge < -0.3 is 4.74 Å². The minimum Gasteiger partial charge on any atom is -0.467 e. The molecule has 0 atom stereocenters. The molecular weight excluding hydrogens is 214 g/mol. The zero-order valence-electron chi connectivity index (χ0n) is 9.02. The number of hydrogen-bond donors (Lipinski definition) is 2. The van der Waals surface area contributed by atoms with E-state index < -0.39 is 0 Å². The Morgan fingerprint density at radius 1 is 1.40 bits per heavy atom. The maximum Gasteiger partial charge on any atom is 0.321 e. The third-order valence-electron chi connectivity index (χ3n) is 1.45. The zero-order chi connectivity index (χ0) is 11.3. The number of rotatable bonds is 5. The third kappa shape index (κ3) is 3.88. The molecule has 0 fully saturated rings. The Bertz CT molecular complexity index is 298. The number of nitrogens with two attached hydrogens (primary N) is 1. The number of anilines is 1. The second-order valence-electron chi connectivity index (χ2n) is 3.28. The fourth-order valence-corrected chi connectivity index (χ4v) is 1.58. The molecule has 0 aliphatic heterocycles. The van der Waals surface area contributed by atoms with Crippen LogP contribution in [-0.4, -0.2) is 27.8 Å². The maximum absolute atomic E-state index is 5.23. The molecule has 7 heteroatoms. The summed E-state index contributed by atoms with van der Waals surface area (Å²) >= 11 is 1.55. The lowest BCUT2D eigenvalue weighted by molar-refractivity contribution is 0.373. The number of methoxy groups -OCH3 is 1. The fraction of sp³-hybridized carbons (Fsp3) is 0.625. The minimum absolute atomic E-state index is 0.268. The fourth-order valence-electron chi connectivity index (χ4n) is 0.800. The molecule has 0 aromatic carbocycles. The molecule has 1 aromatic heterocycles. The molecule has 1 rings (SSSR count). The van der Waals surface area contributed by atoms with Crippen LogP contribution in [0.1, 0.15) is 13.8 Å². The van der Waals surface area contributed by atoms with Crippen molar-refractivity contribution in [3.63, 3.8) is 0 Å². The number of hydrogen-bond acceptors (Lipinski definition) is 7. The molecule has 0 saturated carbocycles. The van der Waals surface area contributed by atoms with Gasteiger partial charge in [-0.05, 0) is 5.92 Å². The molecular formula is C8H15N5OS. The number of thioether (sulfide) groups is 1. The lowest BCUT2D eigenvalue weighted by Gasteiger charge is -2.06. The largest absolute Gasteiger partial charge is 0.467 e. The first kappa shape index (κ1) is 12.0. The lowest BCUT2D eigenvalue weighted by Crippen LogP contribution is -2.12. The first-order valence-corrected chi connectivity index (χ1v) is 5.53. The van der Waals surface area contributed by atoms with Crippen LogP contribution >= 0.6 is 11.8 Å². The summed E-state index contributed by atoms with van der Waals surface area (Å²) in [5.41, 5.74) is 2.37. The van der Waals surface area contributed by atoms with Gasteiger partial charge in [-0.25, -0.2) is 5.84 Å². The molecule has 1 heterocycles. The molecule has 0 aliphatic rings. The van der Waals surface area contributed by atoms with Gasteiger partial charge in [-0.3, -0.25) is 5.43 Å². The molecule has 15 heavy (non-hydrogen) atoms. The molecule has 0 unspecified atom stereocenters. The highest BCUT2D eigenvalue weighted by atomic mass is 32.2. The van der Waals surface area contributed by atoms with Crippen molar-refractivity contribution in [2.24, 2.45) is 11.8 Å². The van der Waals surface area contributed by atoms with Gasteiger partial charge >= 0.3 is 6.01 Å². The van der Waals surface area contributed by atoms with Crippen molar-refractivity contribution < 1.29 is 4.74 Å². The van der Waals surface area contributed by atoms with E-state index in [-0.39, 0.29) is 6.01 Å². The standard InChI is InChI=1S/C8H15N5OS/c1-5(2)4-15-8-11-6(13-9)10-7(12-8)14-3/h5H,4,9H2,1-3H3,(H,10,11,12,13). The van der Waals surface area contributed by atoms with E-state index in [4.69, 9.17) is 10.6 Å². The Balaban J connectivity index is 2.77. The zero-order valence-corrected chi connectivity index (χ0v) is 9.84. The Labute approximate surface area is 93.0 Å². The molecule has 0 bridgehead atoms. The summed E-state index contributed by atoms with van der Waals surface area (Å²) in [5, 5.41) is 0.614. The van der Waals surface area contributed by atoms with Crippen LogP contribution in [0.15, 0.2) is 5.16 Å². The number of hydrazine groups is 1. The van der Waals surface area contributed by atoms with Crippen LogP contribution in [0, 0.1) is 5.92 Å². The van der Waals surface area contributed by atoms with Gasteiger partial charge in [0.25, 0.3) is 0 Å². The summed E-state index contributed by atoms with van der Waals surface area (Å²) in [5.74, 6) is 7.06. The topological polar surface area (TPSA) is 86.0 Å². The number of ether oxygens (including phenoxy) is 1. The predicted molar refractivity (Wildman–Crippen MR) is 59.8 cm³/mol. The van der Waals surface area contributed by atoms with Gasteiger partial charge in [0.05, 0.1) is 7.11 Å². The van der Waals surface area contributed by atoms with Crippen LogP contribution < -0.4 is 16.0 Å². The Morgan fingerprint density at radius 3 is 2.67 bits per heavy atom. The minimum atomic E-state index is 0.268. The van der Waals surface area contributed by atoms with Gasteiger partial charge in [-0.1, -0.05) is 25.6 Å². The molecule has 84 valence electrons. The van der Waals surface area contributed by atoms with E-state index in [0.717, 1.165) is 5.75 Å². The van der Waals surface area contributed by atoms with Crippen molar-refractivity contribution in [1.29, 1.82) is 0 Å². The van der Waals surface area contributed by atoms with Crippen LogP contribution in [0.4, 0.5) is 5.95 Å². The summed E-state index contributed by atoms with van der Waals surface area (Å²) in [6.07, 6.45) is 0. The van der Waals surface area contributed by atoms with E-state index in [1.165, 1.54) is 7.11 Å². The monoisotopic (exact) mass is 229 g/mol. The van der Waals surface area contributed by atoms with Crippen LogP contribution in [0.2, 0.25) is 0 Å². The van der Waals surface area contributed by atoms with Crippen molar-refractivity contribution >= 4 is 17.7 Å². The average molecular weight is 229 g/mol.